The summed E-state index contributed by atoms with van der Waals surface area (Å²) in [5.74, 6) is 0.752. The molecule has 1 saturated heterocycles. The van der Waals surface area contributed by atoms with Gasteiger partial charge in [0.25, 0.3) is 0 Å². The van der Waals surface area contributed by atoms with E-state index in [1.54, 1.807) is 7.11 Å². The third kappa shape index (κ3) is 3.56. The van der Waals surface area contributed by atoms with Gasteiger partial charge in [-0.05, 0) is 37.1 Å². The molecule has 1 aliphatic heterocycles. The summed E-state index contributed by atoms with van der Waals surface area (Å²) in [6.45, 7) is 1.36. The van der Waals surface area contributed by atoms with Gasteiger partial charge in [0.2, 0.25) is 11.0 Å². The molecule has 1 aromatic carbocycles. The van der Waals surface area contributed by atoms with Crippen molar-refractivity contribution in [3.63, 3.8) is 0 Å². The van der Waals surface area contributed by atoms with Gasteiger partial charge in [0, 0.05) is 36.7 Å². The van der Waals surface area contributed by atoms with Crippen LogP contribution < -0.4 is 10.1 Å². The molecule has 1 amide bonds. The average molecular weight is 372 g/mol. The maximum atomic E-state index is 12.2. The number of hydrogen-bond acceptors (Lipinski definition) is 6. The normalized spacial score (nSPS) is 16.9. The van der Waals surface area contributed by atoms with Crippen LogP contribution in [-0.4, -0.2) is 34.4 Å². The van der Waals surface area contributed by atoms with Crippen LogP contribution in [0.5, 0.6) is 5.75 Å². The highest BCUT2D eigenvalue weighted by Gasteiger charge is 2.22. The number of nitrogens with zero attached hydrogens (tertiary/aromatic N) is 3. The number of carbonyl (C=O) groups excluding carboxylic acids is 1. The minimum absolute atomic E-state index is 0.0291. The molecule has 136 valence electrons. The summed E-state index contributed by atoms with van der Waals surface area (Å²) in [6, 6.07) is 7.94. The Balaban J connectivity index is 1.35. The van der Waals surface area contributed by atoms with Gasteiger partial charge in [-0.25, -0.2) is 0 Å². The molecule has 1 aliphatic rings. The maximum absolute atomic E-state index is 12.2. The number of ether oxygens (including phenoxy) is 2. The number of hydrogen-bond donors (Lipinski definition) is 1. The molecule has 1 atom stereocenters. The summed E-state index contributed by atoms with van der Waals surface area (Å²) in [7, 11) is 1.65. The minimum atomic E-state index is -0.0737. The molecule has 2 aromatic heterocycles. The Morgan fingerprint density at radius 3 is 3.15 bits per heavy atom. The quantitative estimate of drug-likeness (QED) is 0.718. The molecule has 0 bridgehead atoms. The number of fused-ring (bicyclic) bond motifs is 1. The standard InChI is InChI=1S/C18H20N4O3S/c1-24-13-4-5-14-12(11-13)6-8-22(14)9-7-16(23)19-18-21-20-17(26-18)15-3-2-10-25-15/h4-6,8,11,15H,2-3,7,9-10H2,1H3,(H,19,21,23)/t15-/m1/s1. The van der Waals surface area contributed by atoms with Crippen molar-refractivity contribution in [3.8, 4) is 5.75 Å². The summed E-state index contributed by atoms with van der Waals surface area (Å²) < 4.78 is 12.9. The maximum Gasteiger partial charge on any atom is 0.227 e. The Labute approximate surface area is 154 Å². The van der Waals surface area contributed by atoms with Crippen molar-refractivity contribution in [1.82, 2.24) is 14.8 Å². The van der Waals surface area contributed by atoms with Crippen LogP contribution in [-0.2, 0) is 16.1 Å². The van der Waals surface area contributed by atoms with E-state index in [1.807, 2.05) is 30.5 Å². The van der Waals surface area contributed by atoms with E-state index < -0.39 is 0 Å². The van der Waals surface area contributed by atoms with E-state index in [0.29, 0.717) is 18.1 Å². The fourth-order valence-corrected chi connectivity index (χ4v) is 3.94. The first-order chi connectivity index (χ1) is 12.7. The molecule has 1 fully saturated rings. The van der Waals surface area contributed by atoms with Crippen molar-refractivity contribution in [2.45, 2.75) is 31.9 Å². The smallest absolute Gasteiger partial charge is 0.227 e. The number of methoxy groups -OCH3 is 1. The lowest BCUT2D eigenvalue weighted by Gasteiger charge is -2.06. The van der Waals surface area contributed by atoms with E-state index in [1.165, 1.54) is 11.3 Å². The predicted molar refractivity (Wildman–Crippen MR) is 99.6 cm³/mol. The third-order valence-corrected chi connectivity index (χ3v) is 5.38. The van der Waals surface area contributed by atoms with Crippen molar-refractivity contribution in [2.24, 2.45) is 0 Å². The first-order valence-electron chi connectivity index (χ1n) is 8.60. The zero-order valence-corrected chi connectivity index (χ0v) is 15.3. The second-order valence-electron chi connectivity index (χ2n) is 6.18. The fourth-order valence-electron chi connectivity index (χ4n) is 3.09. The molecule has 3 heterocycles. The summed E-state index contributed by atoms with van der Waals surface area (Å²) in [5, 5.41) is 13.5. The lowest BCUT2D eigenvalue weighted by molar-refractivity contribution is -0.116. The van der Waals surface area contributed by atoms with Gasteiger partial charge in [-0.3, -0.25) is 4.79 Å². The van der Waals surface area contributed by atoms with Crippen molar-refractivity contribution in [1.29, 1.82) is 0 Å². The monoisotopic (exact) mass is 372 g/mol. The van der Waals surface area contributed by atoms with Gasteiger partial charge in [0.05, 0.1) is 7.11 Å². The van der Waals surface area contributed by atoms with Crippen LogP contribution >= 0.6 is 11.3 Å². The molecule has 3 aromatic rings. The second kappa shape index (κ2) is 7.43. The number of amides is 1. The topological polar surface area (TPSA) is 78.3 Å². The first-order valence-corrected chi connectivity index (χ1v) is 9.42. The van der Waals surface area contributed by atoms with E-state index in [2.05, 4.69) is 20.1 Å². The molecule has 26 heavy (non-hydrogen) atoms. The van der Waals surface area contributed by atoms with Crippen LogP contribution in [0.15, 0.2) is 30.5 Å². The Morgan fingerprint density at radius 1 is 1.42 bits per heavy atom. The van der Waals surface area contributed by atoms with Crippen LogP contribution in [0.2, 0.25) is 0 Å². The van der Waals surface area contributed by atoms with Gasteiger partial charge in [-0.15, -0.1) is 10.2 Å². The van der Waals surface area contributed by atoms with Gasteiger partial charge in [0.15, 0.2) is 0 Å². The van der Waals surface area contributed by atoms with Crippen LogP contribution in [0, 0.1) is 0 Å². The molecule has 0 spiro atoms. The van der Waals surface area contributed by atoms with Gasteiger partial charge in [-0.2, -0.15) is 0 Å². The van der Waals surface area contributed by atoms with E-state index in [9.17, 15) is 4.79 Å². The molecule has 0 radical (unpaired) electrons. The van der Waals surface area contributed by atoms with Gasteiger partial charge in [-0.1, -0.05) is 11.3 Å². The van der Waals surface area contributed by atoms with Gasteiger partial charge < -0.3 is 19.4 Å². The summed E-state index contributed by atoms with van der Waals surface area (Å²) in [5.41, 5.74) is 1.08. The Morgan fingerprint density at radius 2 is 2.35 bits per heavy atom. The molecule has 4 rings (SSSR count). The zero-order chi connectivity index (χ0) is 17.9. The summed E-state index contributed by atoms with van der Waals surface area (Å²) in [4.78, 5) is 12.2. The highest BCUT2D eigenvalue weighted by molar-refractivity contribution is 7.15. The number of nitrogens with one attached hydrogen (secondary N) is 1. The van der Waals surface area contributed by atoms with Crippen LogP contribution in [0.4, 0.5) is 5.13 Å². The Bertz CT molecular complexity index is 914. The number of aryl methyl sites for hydroxylation is 1. The molecule has 0 unspecified atom stereocenters. The Hall–Kier alpha value is -2.45. The van der Waals surface area contributed by atoms with Crippen molar-refractivity contribution in [2.75, 3.05) is 19.0 Å². The Kier molecular flexibility index (Phi) is 4.85. The largest absolute Gasteiger partial charge is 0.497 e. The lowest BCUT2D eigenvalue weighted by Crippen LogP contribution is -2.14. The second-order valence-corrected chi connectivity index (χ2v) is 7.19. The van der Waals surface area contributed by atoms with E-state index in [0.717, 1.165) is 41.1 Å². The first kappa shape index (κ1) is 17.0. The van der Waals surface area contributed by atoms with Gasteiger partial charge in [0.1, 0.15) is 16.9 Å². The zero-order valence-electron chi connectivity index (χ0n) is 14.5. The molecular weight excluding hydrogens is 352 g/mol. The summed E-state index contributed by atoms with van der Waals surface area (Å²) >= 11 is 1.39. The van der Waals surface area contributed by atoms with Crippen LogP contribution in [0.25, 0.3) is 10.9 Å². The number of carbonyl (C=O) groups is 1. The predicted octanol–water partition coefficient (Wildman–Crippen LogP) is 3.38. The van der Waals surface area contributed by atoms with E-state index in [-0.39, 0.29) is 12.0 Å². The van der Waals surface area contributed by atoms with E-state index >= 15 is 0 Å². The molecule has 7 nitrogen and oxygen atoms in total. The molecular formula is C18H20N4O3S. The summed E-state index contributed by atoms with van der Waals surface area (Å²) in [6.07, 6.45) is 4.39. The van der Waals surface area contributed by atoms with Crippen molar-refractivity contribution in [3.05, 3.63) is 35.5 Å². The highest BCUT2D eigenvalue weighted by atomic mass is 32.1. The van der Waals surface area contributed by atoms with Crippen molar-refractivity contribution < 1.29 is 14.3 Å². The average Bonchev–Trinajstić information content (AvgIpc) is 3.39. The van der Waals surface area contributed by atoms with Crippen LogP contribution in [0.1, 0.15) is 30.4 Å². The number of benzene rings is 1. The molecule has 0 aliphatic carbocycles. The fraction of sp³-hybridized carbons (Fsp3) is 0.389. The third-order valence-electron chi connectivity index (χ3n) is 4.45. The molecule has 1 N–H and O–H groups in total. The van der Waals surface area contributed by atoms with Gasteiger partial charge >= 0.3 is 0 Å². The minimum Gasteiger partial charge on any atom is -0.497 e. The van der Waals surface area contributed by atoms with Crippen LogP contribution in [0.3, 0.4) is 0 Å². The number of anilines is 1. The number of rotatable bonds is 6. The highest BCUT2D eigenvalue weighted by Crippen LogP contribution is 2.31. The van der Waals surface area contributed by atoms with E-state index in [4.69, 9.17) is 9.47 Å². The molecule has 0 saturated carbocycles. The SMILES string of the molecule is COc1ccc2c(ccn2CCC(=O)Nc2nnc([C@H]3CCCO3)s2)c1. The lowest BCUT2D eigenvalue weighted by atomic mass is 10.2. The van der Waals surface area contributed by atoms with Crippen molar-refractivity contribution >= 4 is 33.3 Å². The number of aromatic nitrogens is 3. The molecule has 8 heteroatoms.